The predicted octanol–water partition coefficient (Wildman–Crippen LogP) is 1.77. The summed E-state index contributed by atoms with van der Waals surface area (Å²) in [5.74, 6) is 1.06. The van der Waals surface area contributed by atoms with Crippen molar-refractivity contribution in [3.8, 4) is 0 Å². The molecule has 0 bridgehead atoms. The Hall–Kier alpha value is -1.14. The Morgan fingerprint density at radius 2 is 2.11 bits per heavy atom. The van der Waals surface area contributed by atoms with Crippen molar-refractivity contribution in [1.29, 1.82) is 0 Å². The van der Waals surface area contributed by atoms with Crippen LogP contribution in [0.3, 0.4) is 0 Å². The second kappa shape index (κ2) is 5.46. The van der Waals surface area contributed by atoms with E-state index in [-0.39, 0.29) is 16.8 Å². The molecule has 0 aliphatic heterocycles. The zero-order valence-corrected chi connectivity index (χ0v) is 12.2. The van der Waals surface area contributed by atoms with Gasteiger partial charge in [0.1, 0.15) is 10.7 Å². The number of nitrogens with two attached hydrogens (primary N) is 1. The van der Waals surface area contributed by atoms with Gasteiger partial charge in [-0.2, -0.15) is 0 Å². The zero-order valence-electron chi connectivity index (χ0n) is 11.3. The van der Waals surface area contributed by atoms with Gasteiger partial charge in [0.05, 0.1) is 0 Å². The quantitative estimate of drug-likeness (QED) is 0.885. The normalized spacial score (nSPS) is 28.2. The Balaban J connectivity index is 2.16. The van der Waals surface area contributed by atoms with Crippen molar-refractivity contribution in [1.82, 2.24) is 9.71 Å². The Morgan fingerprint density at radius 1 is 1.37 bits per heavy atom. The van der Waals surface area contributed by atoms with E-state index < -0.39 is 10.0 Å². The highest BCUT2D eigenvalue weighted by atomic mass is 32.2. The van der Waals surface area contributed by atoms with Crippen LogP contribution in [-0.4, -0.2) is 19.4 Å². The molecule has 5 nitrogen and oxygen atoms in total. The van der Waals surface area contributed by atoms with Crippen LogP contribution >= 0.6 is 0 Å². The lowest BCUT2D eigenvalue weighted by molar-refractivity contribution is 0.249. The third-order valence-electron chi connectivity index (χ3n) is 3.83. The minimum Gasteiger partial charge on any atom is -0.383 e. The number of sulfonamides is 1. The van der Waals surface area contributed by atoms with E-state index in [1.54, 1.807) is 6.07 Å². The SMILES string of the molecule is CC1CCC(NS(=O)(=O)c2cccnc2N)C(C)C1. The van der Waals surface area contributed by atoms with Gasteiger partial charge in [0.25, 0.3) is 0 Å². The fourth-order valence-electron chi connectivity index (χ4n) is 2.73. The highest BCUT2D eigenvalue weighted by Gasteiger charge is 2.30. The molecule has 0 saturated heterocycles. The van der Waals surface area contributed by atoms with Gasteiger partial charge < -0.3 is 5.73 Å². The third kappa shape index (κ3) is 3.25. The molecule has 1 fully saturated rings. The monoisotopic (exact) mass is 283 g/mol. The first kappa shape index (κ1) is 14.3. The minimum atomic E-state index is -3.58. The second-order valence-electron chi connectivity index (χ2n) is 5.51. The highest BCUT2D eigenvalue weighted by molar-refractivity contribution is 7.89. The molecule has 3 atom stereocenters. The number of nitrogen functional groups attached to an aromatic ring is 1. The molecule has 19 heavy (non-hydrogen) atoms. The van der Waals surface area contributed by atoms with Gasteiger partial charge in [0.2, 0.25) is 10.0 Å². The average molecular weight is 283 g/mol. The largest absolute Gasteiger partial charge is 0.383 e. The van der Waals surface area contributed by atoms with Gasteiger partial charge in [-0.3, -0.25) is 0 Å². The molecule has 1 heterocycles. The maximum Gasteiger partial charge on any atom is 0.244 e. The van der Waals surface area contributed by atoms with Crippen LogP contribution in [-0.2, 0) is 10.0 Å². The molecule has 1 aromatic heterocycles. The predicted molar refractivity (Wildman–Crippen MR) is 74.9 cm³/mol. The number of pyridine rings is 1. The van der Waals surface area contributed by atoms with Gasteiger partial charge in [0, 0.05) is 12.2 Å². The summed E-state index contributed by atoms with van der Waals surface area (Å²) < 4.78 is 27.4. The first-order valence-corrected chi connectivity index (χ1v) is 8.11. The van der Waals surface area contributed by atoms with Gasteiger partial charge in [-0.25, -0.2) is 18.1 Å². The van der Waals surface area contributed by atoms with E-state index >= 15 is 0 Å². The van der Waals surface area contributed by atoms with Crippen LogP contribution in [0, 0.1) is 11.8 Å². The van der Waals surface area contributed by atoms with Gasteiger partial charge in [-0.05, 0) is 43.2 Å². The summed E-state index contributed by atoms with van der Waals surface area (Å²) in [7, 11) is -3.58. The second-order valence-corrected chi connectivity index (χ2v) is 7.19. The van der Waals surface area contributed by atoms with E-state index in [1.807, 2.05) is 0 Å². The van der Waals surface area contributed by atoms with Crippen molar-refractivity contribution in [3.05, 3.63) is 18.3 Å². The maximum absolute atomic E-state index is 12.3. The number of nitrogens with one attached hydrogen (secondary N) is 1. The van der Waals surface area contributed by atoms with Gasteiger partial charge in [-0.1, -0.05) is 13.8 Å². The lowest BCUT2D eigenvalue weighted by Gasteiger charge is -2.32. The Bertz CT molecular complexity index is 545. The molecule has 106 valence electrons. The molecule has 1 aromatic rings. The molecule has 0 amide bonds. The smallest absolute Gasteiger partial charge is 0.244 e. The number of anilines is 1. The lowest BCUT2D eigenvalue weighted by Crippen LogP contribution is -2.42. The molecule has 0 radical (unpaired) electrons. The van der Waals surface area contributed by atoms with Crippen molar-refractivity contribution in [2.75, 3.05) is 5.73 Å². The Morgan fingerprint density at radius 3 is 2.74 bits per heavy atom. The number of aromatic nitrogens is 1. The van der Waals surface area contributed by atoms with Crippen LogP contribution in [0.1, 0.15) is 33.1 Å². The molecule has 1 saturated carbocycles. The fourth-order valence-corrected chi connectivity index (χ4v) is 4.19. The molecule has 0 spiro atoms. The first-order chi connectivity index (χ1) is 8.90. The van der Waals surface area contributed by atoms with Crippen LogP contribution in [0.5, 0.6) is 0 Å². The third-order valence-corrected chi connectivity index (χ3v) is 5.36. The van der Waals surface area contributed by atoms with Crippen LogP contribution in [0.4, 0.5) is 5.82 Å². The summed E-state index contributed by atoms with van der Waals surface area (Å²) in [4.78, 5) is 3.90. The summed E-state index contributed by atoms with van der Waals surface area (Å²) in [6.45, 7) is 4.30. The zero-order chi connectivity index (χ0) is 14.0. The lowest BCUT2D eigenvalue weighted by atomic mass is 9.80. The summed E-state index contributed by atoms with van der Waals surface area (Å²) in [5.41, 5.74) is 5.64. The molecular formula is C13H21N3O2S. The van der Waals surface area contributed by atoms with Crippen LogP contribution in [0.25, 0.3) is 0 Å². The van der Waals surface area contributed by atoms with Crippen molar-refractivity contribution < 1.29 is 8.42 Å². The summed E-state index contributed by atoms with van der Waals surface area (Å²) in [6.07, 6.45) is 4.47. The number of hydrogen-bond donors (Lipinski definition) is 2. The molecule has 3 N–H and O–H groups in total. The van der Waals surface area contributed by atoms with Crippen molar-refractivity contribution >= 4 is 15.8 Å². The number of rotatable bonds is 3. The van der Waals surface area contributed by atoms with Gasteiger partial charge in [-0.15, -0.1) is 0 Å². The van der Waals surface area contributed by atoms with Crippen LogP contribution < -0.4 is 10.5 Å². The van der Waals surface area contributed by atoms with Crippen molar-refractivity contribution in [2.24, 2.45) is 11.8 Å². The molecule has 3 unspecified atom stereocenters. The number of hydrogen-bond acceptors (Lipinski definition) is 4. The van der Waals surface area contributed by atoms with Gasteiger partial charge in [0.15, 0.2) is 0 Å². The standard InChI is InChI=1S/C13H21N3O2S/c1-9-5-6-11(10(2)8-9)16-19(17,18)12-4-3-7-15-13(12)14/h3-4,7,9-11,16H,5-6,8H2,1-2H3,(H2,14,15). The Labute approximate surface area is 114 Å². The Kier molecular flexibility index (Phi) is 4.10. The topological polar surface area (TPSA) is 85.1 Å². The van der Waals surface area contributed by atoms with Crippen molar-refractivity contribution in [2.45, 2.75) is 44.0 Å². The first-order valence-electron chi connectivity index (χ1n) is 6.63. The molecular weight excluding hydrogens is 262 g/mol. The molecule has 6 heteroatoms. The summed E-state index contributed by atoms with van der Waals surface area (Å²) >= 11 is 0. The fraction of sp³-hybridized carbons (Fsp3) is 0.615. The van der Waals surface area contributed by atoms with E-state index in [0.717, 1.165) is 19.3 Å². The van der Waals surface area contributed by atoms with Crippen LogP contribution in [0.2, 0.25) is 0 Å². The maximum atomic E-state index is 12.3. The average Bonchev–Trinajstić information content (AvgIpc) is 2.33. The van der Waals surface area contributed by atoms with Crippen LogP contribution in [0.15, 0.2) is 23.2 Å². The summed E-state index contributed by atoms with van der Waals surface area (Å²) in [6, 6.07) is 3.05. The number of nitrogens with zero attached hydrogens (tertiary/aromatic N) is 1. The molecule has 1 aliphatic carbocycles. The van der Waals surface area contributed by atoms with E-state index in [1.165, 1.54) is 12.3 Å². The molecule has 0 aromatic carbocycles. The van der Waals surface area contributed by atoms with E-state index in [9.17, 15) is 8.42 Å². The van der Waals surface area contributed by atoms with Crippen molar-refractivity contribution in [3.63, 3.8) is 0 Å². The van der Waals surface area contributed by atoms with E-state index in [4.69, 9.17) is 5.73 Å². The van der Waals surface area contributed by atoms with E-state index in [2.05, 4.69) is 23.6 Å². The molecule has 2 rings (SSSR count). The highest BCUT2D eigenvalue weighted by Crippen LogP contribution is 2.29. The van der Waals surface area contributed by atoms with Gasteiger partial charge >= 0.3 is 0 Å². The molecule has 1 aliphatic rings. The van der Waals surface area contributed by atoms with E-state index in [0.29, 0.717) is 11.8 Å². The minimum absolute atomic E-state index is 0.0131. The summed E-state index contributed by atoms with van der Waals surface area (Å²) in [5, 5.41) is 0.